The minimum atomic E-state index is -0.234. The number of carbonyl (C=O) groups excluding carboxylic acids is 1. The van der Waals surface area contributed by atoms with Crippen LogP contribution in [0.4, 0.5) is 5.69 Å². The second kappa shape index (κ2) is 6.77. The number of methoxy groups -OCH3 is 1. The van der Waals surface area contributed by atoms with Gasteiger partial charge in [-0.15, -0.1) is 0 Å². The van der Waals surface area contributed by atoms with Crippen molar-refractivity contribution in [2.45, 2.75) is 6.42 Å². The zero-order valence-corrected chi connectivity index (χ0v) is 11.4. The van der Waals surface area contributed by atoms with E-state index in [1.54, 1.807) is 25.3 Å². The highest BCUT2D eigenvalue weighted by Crippen LogP contribution is 2.27. The minimum Gasteiger partial charge on any atom is -0.451 e. The van der Waals surface area contributed by atoms with E-state index in [-0.39, 0.29) is 11.7 Å². The Morgan fingerprint density at radius 3 is 2.85 bits per heavy atom. The maximum atomic E-state index is 11.9. The number of ether oxygens (including phenoxy) is 1. The number of carbonyl (C=O) groups is 1. The van der Waals surface area contributed by atoms with Crippen molar-refractivity contribution in [1.29, 1.82) is 0 Å². The number of furan rings is 1. The molecule has 2 aromatic rings. The van der Waals surface area contributed by atoms with Gasteiger partial charge in [0.1, 0.15) is 5.76 Å². The van der Waals surface area contributed by atoms with Crippen LogP contribution in [0.1, 0.15) is 17.0 Å². The van der Waals surface area contributed by atoms with Gasteiger partial charge in [0.25, 0.3) is 5.91 Å². The molecule has 0 aliphatic rings. The highest BCUT2D eigenvalue weighted by Gasteiger charge is 2.12. The van der Waals surface area contributed by atoms with Crippen molar-refractivity contribution in [3.05, 3.63) is 42.2 Å². The van der Waals surface area contributed by atoms with Gasteiger partial charge in [-0.3, -0.25) is 4.79 Å². The number of hydrogen-bond acceptors (Lipinski definition) is 4. The van der Waals surface area contributed by atoms with Gasteiger partial charge in [-0.25, -0.2) is 0 Å². The first-order chi connectivity index (χ1) is 9.72. The lowest BCUT2D eigenvalue weighted by atomic mass is 10.1. The van der Waals surface area contributed by atoms with Crippen molar-refractivity contribution in [1.82, 2.24) is 5.32 Å². The van der Waals surface area contributed by atoms with Crippen molar-refractivity contribution in [2.24, 2.45) is 0 Å². The summed E-state index contributed by atoms with van der Waals surface area (Å²) in [6, 6.07) is 10.8. The highest BCUT2D eigenvalue weighted by molar-refractivity contribution is 5.92. The summed E-state index contributed by atoms with van der Waals surface area (Å²) in [4.78, 5) is 11.9. The quantitative estimate of drug-likeness (QED) is 0.626. The fraction of sp³-hybridized carbons (Fsp3) is 0.267. The maximum absolute atomic E-state index is 11.9. The van der Waals surface area contributed by atoms with E-state index in [9.17, 15) is 4.79 Å². The Hall–Kier alpha value is -2.27. The first-order valence-corrected chi connectivity index (χ1v) is 6.44. The van der Waals surface area contributed by atoms with Gasteiger partial charge in [0.05, 0.1) is 0 Å². The van der Waals surface area contributed by atoms with Gasteiger partial charge < -0.3 is 20.2 Å². The van der Waals surface area contributed by atoms with Crippen LogP contribution in [0.2, 0.25) is 0 Å². The zero-order chi connectivity index (χ0) is 14.4. The summed E-state index contributed by atoms with van der Waals surface area (Å²) in [5, 5.41) is 2.77. The molecule has 0 atom stereocenters. The molecule has 0 saturated heterocycles. The molecule has 0 bridgehead atoms. The summed E-state index contributed by atoms with van der Waals surface area (Å²) in [7, 11) is 1.63. The largest absolute Gasteiger partial charge is 0.451 e. The number of rotatable bonds is 6. The molecule has 0 spiro atoms. The van der Waals surface area contributed by atoms with Crippen LogP contribution in [0.3, 0.4) is 0 Å². The third kappa shape index (κ3) is 3.39. The SMILES string of the molecule is COCCCNC(=O)c1ccc(-c2ccccc2N)o1. The van der Waals surface area contributed by atoms with Crippen LogP contribution in [-0.2, 0) is 4.74 Å². The van der Waals surface area contributed by atoms with Gasteiger partial charge in [0.2, 0.25) is 0 Å². The van der Waals surface area contributed by atoms with E-state index in [0.717, 1.165) is 12.0 Å². The number of anilines is 1. The number of nitrogens with two attached hydrogens (primary N) is 1. The highest BCUT2D eigenvalue weighted by atomic mass is 16.5. The van der Waals surface area contributed by atoms with Crippen molar-refractivity contribution in [3.8, 4) is 11.3 Å². The van der Waals surface area contributed by atoms with E-state index in [0.29, 0.717) is 24.6 Å². The lowest BCUT2D eigenvalue weighted by molar-refractivity contribution is 0.0922. The molecule has 0 aliphatic heterocycles. The van der Waals surface area contributed by atoms with Gasteiger partial charge in [0, 0.05) is 31.5 Å². The Morgan fingerprint density at radius 1 is 1.30 bits per heavy atom. The van der Waals surface area contributed by atoms with Gasteiger partial charge in [0.15, 0.2) is 5.76 Å². The Kier molecular flexibility index (Phi) is 4.79. The van der Waals surface area contributed by atoms with Gasteiger partial charge in [-0.05, 0) is 30.7 Å². The normalized spacial score (nSPS) is 10.4. The number of hydrogen-bond donors (Lipinski definition) is 2. The summed E-state index contributed by atoms with van der Waals surface area (Å²) >= 11 is 0. The smallest absolute Gasteiger partial charge is 0.287 e. The Balaban J connectivity index is 2.02. The van der Waals surface area contributed by atoms with Crippen molar-refractivity contribution in [2.75, 3.05) is 26.0 Å². The summed E-state index contributed by atoms with van der Waals surface area (Å²) < 4.78 is 10.5. The van der Waals surface area contributed by atoms with E-state index in [1.807, 2.05) is 18.2 Å². The Bertz CT molecular complexity index is 578. The molecule has 20 heavy (non-hydrogen) atoms. The number of nitrogens with one attached hydrogen (secondary N) is 1. The second-order valence-electron chi connectivity index (χ2n) is 4.35. The summed E-state index contributed by atoms with van der Waals surface area (Å²) in [6.07, 6.45) is 0.765. The molecule has 106 valence electrons. The van der Waals surface area contributed by atoms with E-state index in [1.165, 1.54) is 0 Å². The zero-order valence-electron chi connectivity index (χ0n) is 11.4. The van der Waals surface area contributed by atoms with Gasteiger partial charge in [-0.1, -0.05) is 12.1 Å². The van der Waals surface area contributed by atoms with Crippen molar-refractivity contribution < 1.29 is 13.9 Å². The minimum absolute atomic E-state index is 0.234. The summed E-state index contributed by atoms with van der Waals surface area (Å²) in [6.45, 7) is 1.17. The lowest BCUT2D eigenvalue weighted by Gasteiger charge is -2.03. The monoisotopic (exact) mass is 274 g/mol. The summed E-state index contributed by atoms with van der Waals surface area (Å²) in [5.41, 5.74) is 7.28. The molecule has 1 aromatic carbocycles. The third-order valence-electron chi connectivity index (χ3n) is 2.87. The number of nitrogen functional groups attached to an aromatic ring is 1. The molecule has 0 fully saturated rings. The van der Waals surface area contributed by atoms with Gasteiger partial charge in [-0.2, -0.15) is 0 Å². The molecule has 0 radical (unpaired) electrons. The average molecular weight is 274 g/mol. The third-order valence-corrected chi connectivity index (χ3v) is 2.87. The second-order valence-corrected chi connectivity index (χ2v) is 4.35. The average Bonchev–Trinajstić information content (AvgIpc) is 2.93. The molecule has 0 aliphatic carbocycles. The summed E-state index contributed by atoms with van der Waals surface area (Å²) in [5.74, 6) is 0.632. The number of benzene rings is 1. The Labute approximate surface area is 117 Å². The predicted octanol–water partition coefficient (Wildman–Crippen LogP) is 2.30. The molecule has 1 heterocycles. The molecule has 3 N–H and O–H groups in total. The van der Waals surface area contributed by atoms with E-state index >= 15 is 0 Å². The molecule has 0 saturated carbocycles. The van der Waals surface area contributed by atoms with E-state index < -0.39 is 0 Å². The van der Waals surface area contributed by atoms with E-state index in [2.05, 4.69) is 5.32 Å². The van der Waals surface area contributed by atoms with Crippen LogP contribution in [0.5, 0.6) is 0 Å². The lowest BCUT2D eigenvalue weighted by Crippen LogP contribution is -2.24. The van der Waals surface area contributed by atoms with Crippen molar-refractivity contribution >= 4 is 11.6 Å². The van der Waals surface area contributed by atoms with Crippen molar-refractivity contribution in [3.63, 3.8) is 0 Å². The molecular formula is C15H18N2O3. The molecule has 0 unspecified atom stereocenters. The first-order valence-electron chi connectivity index (χ1n) is 6.44. The fourth-order valence-corrected chi connectivity index (χ4v) is 1.83. The van der Waals surface area contributed by atoms with Gasteiger partial charge >= 0.3 is 0 Å². The molecule has 1 amide bonds. The predicted molar refractivity (Wildman–Crippen MR) is 77.4 cm³/mol. The molecular weight excluding hydrogens is 256 g/mol. The van der Waals surface area contributed by atoms with Crippen LogP contribution in [0, 0.1) is 0 Å². The molecule has 5 nitrogen and oxygen atoms in total. The number of amides is 1. The maximum Gasteiger partial charge on any atom is 0.287 e. The number of para-hydroxylation sites is 1. The topological polar surface area (TPSA) is 77.5 Å². The van der Waals surface area contributed by atoms with Crippen LogP contribution in [0.25, 0.3) is 11.3 Å². The molecule has 5 heteroatoms. The Morgan fingerprint density at radius 2 is 2.10 bits per heavy atom. The van der Waals surface area contributed by atoms with Crippen LogP contribution >= 0.6 is 0 Å². The standard InChI is InChI=1S/C15H18N2O3/c1-19-10-4-9-17-15(18)14-8-7-13(20-14)11-5-2-3-6-12(11)16/h2-3,5-8H,4,9-10,16H2,1H3,(H,17,18). The molecule has 2 rings (SSSR count). The van der Waals surface area contributed by atoms with Crippen LogP contribution in [0.15, 0.2) is 40.8 Å². The van der Waals surface area contributed by atoms with Crippen LogP contribution in [-0.4, -0.2) is 26.2 Å². The fourth-order valence-electron chi connectivity index (χ4n) is 1.83. The van der Waals surface area contributed by atoms with Crippen LogP contribution < -0.4 is 11.1 Å². The first kappa shape index (κ1) is 14.1. The van der Waals surface area contributed by atoms with E-state index in [4.69, 9.17) is 14.9 Å². The molecule has 1 aromatic heterocycles.